The van der Waals surface area contributed by atoms with Gasteiger partial charge in [-0.15, -0.1) is 35.3 Å². The molecule has 0 aromatic carbocycles. The molecule has 1 heterocycles. The molecule has 0 spiro atoms. The molecule has 134 valence electrons. The fourth-order valence-electron chi connectivity index (χ4n) is 2.30. The number of nitrogens with one attached hydrogen (secondary N) is 2. The largest absolute Gasteiger partial charge is 0.378 e. The summed E-state index contributed by atoms with van der Waals surface area (Å²) in [6.07, 6.45) is 1.30. The SMILES string of the molecule is CCOC(CCNC(=NC)NCC(C)c1cccs1)C(C)C.I. The Labute approximate surface area is 162 Å². The van der Waals surface area contributed by atoms with Gasteiger partial charge < -0.3 is 15.4 Å². The van der Waals surface area contributed by atoms with Gasteiger partial charge in [0.2, 0.25) is 0 Å². The van der Waals surface area contributed by atoms with Crippen molar-refractivity contribution in [1.82, 2.24) is 10.6 Å². The van der Waals surface area contributed by atoms with Gasteiger partial charge in [-0.05, 0) is 30.7 Å². The topological polar surface area (TPSA) is 45.6 Å². The quantitative estimate of drug-likeness (QED) is 0.337. The number of hydrogen-bond donors (Lipinski definition) is 2. The van der Waals surface area contributed by atoms with Gasteiger partial charge in [0, 0.05) is 37.5 Å². The Morgan fingerprint density at radius 1 is 1.30 bits per heavy atom. The van der Waals surface area contributed by atoms with Gasteiger partial charge in [-0.25, -0.2) is 0 Å². The van der Waals surface area contributed by atoms with Crippen LogP contribution in [0.15, 0.2) is 22.5 Å². The van der Waals surface area contributed by atoms with Crippen molar-refractivity contribution in [2.45, 2.75) is 46.1 Å². The summed E-state index contributed by atoms with van der Waals surface area (Å²) in [5.41, 5.74) is 0. The zero-order valence-electron chi connectivity index (χ0n) is 15.0. The number of guanidine groups is 1. The van der Waals surface area contributed by atoms with E-state index in [-0.39, 0.29) is 24.0 Å². The first-order valence-corrected chi connectivity index (χ1v) is 9.05. The summed E-state index contributed by atoms with van der Waals surface area (Å²) < 4.78 is 5.77. The third-order valence-electron chi connectivity index (χ3n) is 3.67. The van der Waals surface area contributed by atoms with Crippen molar-refractivity contribution in [3.8, 4) is 0 Å². The maximum absolute atomic E-state index is 5.77. The van der Waals surface area contributed by atoms with Crippen molar-refractivity contribution in [3.05, 3.63) is 22.4 Å². The lowest BCUT2D eigenvalue weighted by Crippen LogP contribution is -2.40. The molecule has 0 aliphatic carbocycles. The first kappa shape index (κ1) is 22.7. The molecule has 4 nitrogen and oxygen atoms in total. The smallest absolute Gasteiger partial charge is 0.190 e. The second-order valence-electron chi connectivity index (χ2n) is 5.82. The first-order chi connectivity index (χ1) is 10.6. The van der Waals surface area contributed by atoms with Gasteiger partial charge in [0.25, 0.3) is 0 Å². The van der Waals surface area contributed by atoms with Crippen LogP contribution in [0.4, 0.5) is 0 Å². The van der Waals surface area contributed by atoms with Gasteiger partial charge in [0.15, 0.2) is 5.96 Å². The average molecular weight is 453 g/mol. The van der Waals surface area contributed by atoms with E-state index >= 15 is 0 Å². The zero-order valence-corrected chi connectivity index (χ0v) is 18.1. The second-order valence-corrected chi connectivity index (χ2v) is 6.80. The highest BCUT2D eigenvalue weighted by Crippen LogP contribution is 2.19. The van der Waals surface area contributed by atoms with E-state index in [0.29, 0.717) is 17.9 Å². The molecule has 0 aliphatic heterocycles. The molecule has 6 heteroatoms. The molecule has 0 aliphatic rings. The third-order valence-corrected chi connectivity index (χ3v) is 4.78. The van der Waals surface area contributed by atoms with Crippen molar-refractivity contribution in [3.63, 3.8) is 0 Å². The lowest BCUT2D eigenvalue weighted by atomic mass is 10.0. The van der Waals surface area contributed by atoms with Crippen LogP contribution in [-0.4, -0.2) is 38.8 Å². The number of ether oxygens (including phenoxy) is 1. The minimum absolute atomic E-state index is 0. The van der Waals surface area contributed by atoms with Crippen LogP contribution < -0.4 is 10.6 Å². The summed E-state index contributed by atoms with van der Waals surface area (Å²) in [5.74, 6) is 1.89. The number of halogens is 1. The van der Waals surface area contributed by atoms with E-state index in [2.05, 4.69) is 60.8 Å². The number of thiophene rings is 1. The fraction of sp³-hybridized carbons (Fsp3) is 0.706. The van der Waals surface area contributed by atoms with Crippen LogP contribution in [0.1, 0.15) is 44.9 Å². The van der Waals surface area contributed by atoms with Gasteiger partial charge >= 0.3 is 0 Å². The summed E-state index contributed by atoms with van der Waals surface area (Å²) in [6, 6.07) is 4.28. The standard InChI is InChI=1S/C17H31N3OS.HI/c1-6-21-15(13(2)3)9-10-19-17(18-5)20-12-14(4)16-8-7-11-22-16;/h7-8,11,13-15H,6,9-10,12H2,1-5H3,(H2,18,19,20);1H. The van der Waals surface area contributed by atoms with E-state index < -0.39 is 0 Å². The summed E-state index contributed by atoms with van der Waals surface area (Å²) in [5, 5.41) is 8.90. The van der Waals surface area contributed by atoms with Crippen LogP contribution in [-0.2, 0) is 4.74 Å². The van der Waals surface area contributed by atoms with E-state index in [0.717, 1.165) is 32.1 Å². The first-order valence-electron chi connectivity index (χ1n) is 8.18. The summed E-state index contributed by atoms with van der Waals surface area (Å²) in [6.45, 7) is 11.2. The molecule has 1 rings (SSSR count). The number of nitrogens with zero attached hydrogens (tertiary/aromatic N) is 1. The Hall–Kier alpha value is -0.340. The molecule has 0 radical (unpaired) electrons. The predicted molar refractivity (Wildman–Crippen MR) is 112 cm³/mol. The molecule has 0 bridgehead atoms. The highest BCUT2D eigenvalue weighted by Gasteiger charge is 2.13. The second kappa shape index (κ2) is 13.0. The lowest BCUT2D eigenvalue weighted by molar-refractivity contribution is 0.0258. The molecule has 2 unspecified atom stereocenters. The predicted octanol–water partition coefficient (Wildman–Crippen LogP) is 4.09. The molecule has 0 saturated carbocycles. The van der Waals surface area contributed by atoms with Crippen molar-refractivity contribution in [2.24, 2.45) is 10.9 Å². The average Bonchev–Trinajstić information content (AvgIpc) is 3.03. The highest BCUT2D eigenvalue weighted by molar-refractivity contribution is 14.0. The minimum Gasteiger partial charge on any atom is -0.378 e. The summed E-state index contributed by atoms with van der Waals surface area (Å²) in [4.78, 5) is 5.69. The Morgan fingerprint density at radius 3 is 2.57 bits per heavy atom. The van der Waals surface area contributed by atoms with Gasteiger partial charge in [-0.1, -0.05) is 26.8 Å². The van der Waals surface area contributed by atoms with Gasteiger partial charge in [-0.3, -0.25) is 4.99 Å². The van der Waals surface area contributed by atoms with Gasteiger partial charge in [-0.2, -0.15) is 0 Å². The molecule has 2 atom stereocenters. The summed E-state index contributed by atoms with van der Waals surface area (Å²) in [7, 11) is 1.81. The summed E-state index contributed by atoms with van der Waals surface area (Å²) >= 11 is 1.80. The number of rotatable bonds is 9. The maximum atomic E-state index is 5.77. The molecular weight excluding hydrogens is 421 g/mol. The highest BCUT2D eigenvalue weighted by atomic mass is 127. The van der Waals surface area contributed by atoms with Crippen molar-refractivity contribution >= 4 is 41.3 Å². The van der Waals surface area contributed by atoms with Gasteiger partial charge in [0.1, 0.15) is 0 Å². The molecule has 0 amide bonds. The molecule has 0 saturated heterocycles. The normalized spacial score (nSPS) is 14.3. The van der Waals surface area contributed by atoms with E-state index in [4.69, 9.17) is 4.74 Å². The van der Waals surface area contributed by atoms with E-state index in [9.17, 15) is 0 Å². The minimum atomic E-state index is 0. The number of hydrogen-bond acceptors (Lipinski definition) is 3. The zero-order chi connectivity index (χ0) is 16.4. The van der Waals surface area contributed by atoms with Crippen molar-refractivity contribution < 1.29 is 4.74 Å². The van der Waals surface area contributed by atoms with Crippen molar-refractivity contribution in [2.75, 3.05) is 26.7 Å². The Balaban J connectivity index is 0.00000484. The van der Waals surface area contributed by atoms with E-state index in [1.165, 1.54) is 4.88 Å². The van der Waals surface area contributed by atoms with Crippen LogP contribution in [0.2, 0.25) is 0 Å². The molecule has 2 N–H and O–H groups in total. The molecule has 23 heavy (non-hydrogen) atoms. The Kier molecular flexibility index (Phi) is 12.8. The molecule has 1 aromatic heterocycles. The fourth-order valence-corrected chi connectivity index (χ4v) is 3.09. The lowest BCUT2D eigenvalue weighted by Gasteiger charge is -2.22. The van der Waals surface area contributed by atoms with E-state index in [1.54, 1.807) is 11.3 Å². The molecule has 0 fully saturated rings. The third kappa shape index (κ3) is 8.91. The maximum Gasteiger partial charge on any atom is 0.190 e. The molecule has 1 aromatic rings. The van der Waals surface area contributed by atoms with Crippen LogP contribution >= 0.6 is 35.3 Å². The monoisotopic (exact) mass is 453 g/mol. The van der Waals surface area contributed by atoms with Crippen LogP contribution in [0.3, 0.4) is 0 Å². The van der Waals surface area contributed by atoms with Crippen LogP contribution in [0, 0.1) is 5.92 Å². The number of aliphatic imine (C=N–C) groups is 1. The van der Waals surface area contributed by atoms with Gasteiger partial charge in [0.05, 0.1) is 6.10 Å². The molecular formula is C17H32IN3OS. The Morgan fingerprint density at radius 2 is 2.04 bits per heavy atom. The van der Waals surface area contributed by atoms with E-state index in [1.807, 2.05) is 7.05 Å². The Bertz CT molecular complexity index is 423. The van der Waals surface area contributed by atoms with Crippen LogP contribution in [0.5, 0.6) is 0 Å². The van der Waals surface area contributed by atoms with Crippen molar-refractivity contribution in [1.29, 1.82) is 0 Å². The van der Waals surface area contributed by atoms with Crippen LogP contribution in [0.25, 0.3) is 0 Å².